The van der Waals surface area contributed by atoms with Crippen LogP contribution in [0.2, 0.25) is 0 Å². The van der Waals surface area contributed by atoms with Gasteiger partial charge in [-0.2, -0.15) is 5.26 Å². The van der Waals surface area contributed by atoms with Crippen molar-refractivity contribution in [3.63, 3.8) is 0 Å². The molecule has 0 N–H and O–H groups in total. The van der Waals surface area contributed by atoms with E-state index in [1.807, 2.05) is 11.0 Å². The van der Waals surface area contributed by atoms with Crippen molar-refractivity contribution in [2.75, 3.05) is 12.8 Å². The second-order valence-corrected chi connectivity index (χ2v) is 5.94. The summed E-state index contributed by atoms with van der Waals surface area (Å²) in [7, 11) is -3.19. The van der Waals surface area contributed by atoms with E-state index in [1.54, 1.807) is 18.2 Å². The van der Waals surface area contributed by atoms with Crippen LogP contribution in [0.4, 0.5) is 0 Å². The Hall–Kier alpha value is -1.38. The number of hydrogen-bond acceptors (Lipinski definition) is 4. The molecule has 0 amide bonds. The summed E-state index contributed by atoms with van der Waals surface area (Å²) >= 11 is 0. The van der Waals surface area contributed by atoms with Crippen molar-refractivity contribution in [3.05, 3.63) is 29.8 Å². The molecule has 0 radical (unpaired) electrons. The first-order valence-electron chi connectivity index (χ1n) is 4.94. The summed E-state index contributed by atoms with van der Waals surface area (Å²) in [5, 5.41) is 8.67. The molecule has 1 aromatic rings. The van der Waals surface area contributed by atoms with Crippen molar-refractivity contribution < 1.29 is 8.42 Å². The minimum atomic E-state index is -3.19. The van der Waals surface area contributed by atoms with E-state index in [2.05, 4.69) is 6.07 Å². The highest BCUT2D eigenvalue weighted by atomic mass is 32.2. The number of hydrogen-bond donors (Lipinski definition) is 0. The van der Waals surface area contributed by atoms with Crippen LogP contribution in [0.5, 0.6) is 0 Å². The fraction of sp³-hybridized carbons (Fsp3) is 0.364. The molecule has 84 valence electrons. The second kappa shape index (κ2) is 3.89. The van der Waals surface area contributed by atoms with Crippen LogP contribution in [-0.2, 0) is 16.4 Å². The quantitative estimate of drug-likeness (QED) is 0.728. The molecule has 4 nitrogen and oxygen atoms in total. The molecular weight excluding hydrogens is 224 g/mol. The van der Waals surface area contributed by atoms with Crippen molar-refractivity contribution in [2.24, 2.45) is 0 Å². The van der Waals surface area contributed by atoms with Gasteiger partial charge in [0.15, 0.2) is 9.84 Å². The fourth-order valence-electron chi connectivity index (χ4n) is 1.69. The summed E-state index contributed by atoms with van der Waals surface area (Å²) in [5.41, 5.74) is 0.766. The molecule has 0 bridgehead atoms. The van der Waals surface area contributed by atoms with Gasteiger partial charge in [0.05, 0.1) is 11.0 Å². The molecule has 5 heteroatoms. The lowest BCUT2D eigenvalue weighted by Crippen LogP contribution is -2.07. The van der Waals surface area contributed by atoms with E-state index >= 15 is 0 Å². The zero-order valence-electron chi connectivity index (χ0n) is 8.92. The van der Waals surface area contributed by atoms with Crippen LogP contribution in [0.25, 0.3) is 0 Å². The zero-order chi connectivity index (χ0) is 11.8. The van der Waals surface area contributed by atoms with Gasteiger partial charge in [-0.25, -0.2) is 8.42 Å². The van der Waals surface area contributed by atoms with Crippen molar-refractivity contribution in [2.45, 2.75) is 17.5 Å². The number of nitrogens with zero attached hydrogens (tertiary/aromatic N) is 2. The Balaban J connectivity index is 2.26. The van der Waals surface area contributed by atoms with Gasteiger partial charge >= 0.3 is 0 Å². The first-order valence-corrected chi connectivity index (χ1v) is 6.83. The normalized spacial score (nSPS) is 23.8. The van der Waals surface area contributed by atoms with E-state index < -0.39 is 9.84 Å². The Bertz CT molecular complexity index is 545. The molecule has 1 aromatic carbocycles. The summed E-state index contributed by atoms with van der Waals surface area (Å²) in [6, 6.07) is 9.02. The number of sulfone groups is 1. The molecule has 1 aliphatic rings. The lowest BCUT2D eigenvalue weighted by Gasteiger charge is -2.07. The number of nitriles is 1. The highest BCUT2D eigenvalue weighted by Crippen LogP contribution is 2.24. The molecule has 0 aliphatic carbocycles. The van der Waals surface area contributed by atoms with Crippen molar-refractivity contribution in [1.29, 1.82) is 5.26 Å². The lowest BCUT2D eigenvalue weighted by atomic mass is 10.2. The predicted octanol–water partition coefficient (Wildman–Crippen LogP) is 0.798. The van der Waals surface area contributed by atoms with Gasteiger partial charge in [0.1, 0.15) is 6.04 Å². The smallest absolute Gasteiger partial charge is 0.175 e. The van der Waals surface area contributed by atoms with E-state index in [-0.39, 0.29) is 6.04 Å². The first-order chi connectivity index (χ1) is 7.52. The van der Waals surface area contributed by atoms with E-state index in [0.29, 0.717) is 11.4 Å². The molecule has 2 rings (SSSR count). The molecule has 1 fully saturated rings. The van der Waals surface area contributed by atoms with Crippen LogP contribution >= 0.6 is 0 Å². The van der Waals surface area contributed by atoms with Crippen LogP contribution in [0.1, 0.15) is 5.56 Å². The maximum absolute atomic E-state index is 11.5. The van der Waals surface area contributed by atoms with Gasteiger partial charge in [0.25, 0.3) is 0 Å². The highest BCUT2D eigenvalue weighted by Gasteiger charge is 2.34. The van der Waals surface area contributed by atoms with Gasteiger partial charge in [-0.05, 0) is 11.6 Å². The van der Waals surface area contributed by atoms with Crippen molar-refractivity contribution in [1.82, 2.24) is 4.90 Å². The van der Waals surface area contributed by atoms with Gasteiger partial charge < -0.3 is 0 Å². The number of benzene rings is 1. The SMILES string of the molecule is CS(=O)(=O)c1ccccc1CN1CC1C#N. The van der Waals surface area contributed by atoms with Gasteiger partial charge in [0.2, 0.25) is 0 Å². The molecule has 1 aliphatic heterocycles. The molecule has 1 heterocycles. The Morgan fingerprint density at radius 3 is 2.75 bits per heavy atom. The molecule has 0 aromatic heterocycles. The highest BCUT2D eigenvalue weighted by molar-refractivity contribution is 7.90. The van der Waals surface area contributed by atoms with Gasteiger partial charge in [-0.1, -0.05) is 18.2 Å². The van der Waals surface area contributed by atoms with E-state index in [9.17, 15) is 8.42 Å². The van der Waals surface area contributed by atoms with Crippen molar-refractivity contribution in [3.8, 4) is 6.07 Å². The maximum Gasteiger partial charge on any atom is 0.175 e. The standard InChI is InChI=1S/C11H12N2O2S/c1-16(14,15)11-5-3-2-4-9(11)7-13-8-10(13)6-12/h2-5,10H,7-8H2,1H3. The maximum atomic E-state index is 11.5. The van der Waals surface area contributed by atoms with Gasteiger partial charge in [-0.3, -0.25) is 4.90 Å². The van der Waals surface area contributed by atoms with Crippen LogP contribution in [-0.4, -0.2) is 32.2 Å². The third kappa shape index (κ3) is 2.23. The van der Waals surface area contributed by atoms with E-state index in [0.717, 1.165) is 12.1 Å². The molecule has 1 saturated heterocycles. The van der Waals surface area contributed by atoms with E-state index in [1.165, 1.54) is 6.26 Å². The van der Waals surface area contributed by atoms with Crippen LogP contribution < -0.4 is 0 Å². The lowest BCUT2D eigenvalue weighted by molar-refractivity contribution is 0.524. The molecule has 0 spiro atoms. The first kappa shape index (κ1) is 11.1. The van der Waals surface area contributed by atoms with Crippen LogP contribution in [0, 0.1) is 11.3 Å². The minimum absolute atomic E-state index is 0.0485. The third-order valence-electron chi connectivity index (χ3n) is 2.61. The Morgan fingerprint density at radius 2 is 2.19 bits per heavy atom. The number of rotatable bonds is 3. The molecule has 2 atom stereocenters. The van der Waals surface area contributed by atoms with Crippen LogP contribution in [0.15, 0.2) is 29.2 Å². The summed E-state index contributed by atoms with van der Waals surface area (Å²) in [5.74, 6) is 0. The van der Waals surface area contributed by atoms with Crippen molar-refractivity contribution >= 4 is 9.84 Å². The minimum Gasteiger partial charge on any atom is -0.280 e. The monoisotopic (exact) mass is 236 g/mol. The van der Waals surface area contributed by atoms with Crippen LogP contribution in [0.3, 0.4) is 0 Å². The third-order valence-corrected chi connectivity index (χ3v) is 3.81. The van der Waals surface area contributed by atoms with Gasteiger partial charge in [-0.15, -0.1) is 0 Å². The molecule has 2 unspecified atom stereocenters. The fourth-order valence-corrected chi connectivity index (χ4v) is 2.62. The average molecular weight is 236 g/mol. The molecular formula is C11H12N2O2S. The summed E-state index contributed by atoms with van der Waals surface area (Å²) in [4.78, 5) is 2.29. The Kier molecular flexibility index (Phi) is 2.70. The van der Waals surface area contributed by atoms with Gasteiger partial charge in [0, 0.05) is 19.3 Å². The average Bonchev–Trinajstić information content (AvgIpc) is 2.96. The Morgan fingerprint density at radius 1 is 1.50 bits per heavy atom. The predicted molar refractivity (Wildman–Crippen MR) is 59.4 cm³/mol. The van der Waals surface area contributed by atoms with E-state index in [4.69, 9.17) is 5.26 Å². The summed E-state index contributed by atoms with van der Waals surface area (Å²) in [6.45, 7) is 1.26. The molecule has 16 heavy (non-hydrogen) atoms. The Labute approximate surface area is 95.0 Å². The largest absolute Gasteiger partial charge is 0.280 e. The second-order valence-electron chi connectivity index (χ2n) is 3.95. The zero-order valence-corrected chi connectivity index (χ0v) is 9.74. The molecule has 0 saturated carbocycles. The summed E-state index contributed by atoms with van der Waals surface area (Å²) in [6.07, 6.45) is 1.20. The summed E-state index contributed by atoms with van der Waals surface area (Å²) < 4.78 is 23.0. The topological polar surface area (TPSA) is 60.9 Å².